The predicted octanol–water partition coefficient (Wildman–Crippen LogP) is 4.65. The zero-order chi connectivity index (χ0) is 25.4. The molecule has 3 N–H and O–H groups in total. The van der Waals surface area contributed by atoms with E-state index in [1.54, 1.807) is 90.1 Å². The topological polar surface area (TPSA) is 118 Å². The van der Waals surface area contributed by atoms with Crippen LogP contribution in [-0.4, -0.2) is 35.3 Å². The number of hydrogen-bond donors (Lipinski definition) is 3. The average molecular weight is 469 g/mol. The summed E-state index contributed by atoms with van der Waals surface area (Å²) in [5.74, 6) is -0.318. The van der Waals surface area contributed by atoms with Crippen molar-refractivity contribution in [3.05, 3.63) is 65.7 Å². The molecular weight excluding hydrogens is 436 g/mol. The van der Waals surface area contributed by atoms with Gasteiger partial charge in [-0.3, -0.25) is 15.4 Å². The summed E-state index contributed by atoms with van der Waals surface area (Å²) in [4.78, 5) is 40.9. The molecule has 0 heterocycles. The van der Waals surface area contributed by atoms with Crippen molar-refractivity contribution in [1.29, 1.82) is 0 Å². The highest BCUT2D eigenvalue weighted by atomic mass is 16.6. The molecule has 9 heteroatoms. The van der Waals surface area contributed by atoms with E-state index in [1.165, 1.54) is 0 Å². The van der Waals surface area contributed by atoms with Gasteiger partial charge in [-0.2, -0.15) is 0 Å². The first kappa shape index (κ1) is 26.4. The van der Waals surface area contributed by atoms with Crippen LogP contribution in [0.4, 0.5) is 15.3 Å². The van der Waals surface area contributed by atoms with E-state index >= 15 is 0 Å². The van der Waals surface area contributed by atoms with Gasteiger partial charge in [0.1, 0.15) is 11.2 Å². The fourth-order valence-electron chi connectivity index (χ4n) is 2.58. The van der Waals surface area contributed by atoms with Gasteiger partial charge in [0.05, 0.1) is 5.69 Å². The number of nitrogens with one attached hydrogen (secondary N) is 3. The van der Waals surface area contributed by atoms with Crippen LogP contribution in [0.2, 0.25) is 0 Å². The third-order valence-electron chi connectivity index (χ3n) is 3.90. The molecule has 0 bridgehead atoms. The highest BCUT2D eigenvalue weighted by Crippen LogP contribution is 2.14. The molecule has 34 heavy (non-hydrogen) atoms. The molecular formula is C25H32N4O5. The number of benzene rings is 2. The second kappa shape index (κ2) is 11.3. The van der Waals surface area contributed by atoms with Crippen LogP contribution in [0, 0.1) is 0 Å². The Bertz CT molecular complexity index is 988. The summed E-state index contributed by atoms with van der Waals surface area (Å²) in [6.45, 7) is 10.7. The Labute approximate surface area is 199 Å². The molecule has 2 aromatic rings. The van der Waals surface area contributed by atoms with E-state index in [4.69, 9.17) is 9.47 Å². The van der Waals surface area contributed by atoms with E-state index in [9.17, 15) is 14.4 Å². The molecule has 0 radical (unpaired) electrons. The lowest BCUT2D eigenvalue weighted by molar-refractivity contribution is 0.0545. The van der Waals surface area contributed by atoms with Gasteiger partial charge in [0.2, 0.25) is 5.96 Å². The first-order valence-electron chi connectivity index (χ1n) is 10.8. The normalized spacial score (nSPS) is 11.1. The number of ether oxygens (including phenoxy) is 2. The summed E-state index contributed by atoms with van der Waals surface area (Å²) in [7, 11) is 0. The van der Waals surface area contributed by atoms with Crippen LogP contribution < -0.4 is 16.0 Å². The minimum Gasteiger partial charge on any atom is -0.444 e. The summed E-state index contributed by atoms with van der Waals surface area (Å²) >= 11 is 0. The Morgan fingerprint density at radius 3 is 1.74 bits per heavy atom. The second-order valence-corrected chi connectivity index (χ2v) is 9.43. The molecule has 0 aliphatic heterocycles. The van der Waals surface area contributed by atoms with Gasteiger partial charge in [-0.05, 0) is 71.4 Å². The Kier molecular flexibility index (Phi) is 8.77. The third-order valence-corrected chi connectivity index (χ3v) is 3.90. The van der Waals surface area contributed by atoms with Crippen molar-refractivity contribution in [1.82, 2.24) is 16.0 Å². The van der Waals surface area contributed by atoms with E-state index in [0.29, 0.717) is 17.8 Å². The lowest BCUT2D eigenvalue weighted by atomic mass is 10.2. The molecule has 0 saturated carbocycles. The first-order chi connectivity index (χ1) is 15.8. The minimum absolute atomic E-state index is 0.145. The second-order valence-electron chi connectivity index (χ2n) is 9.43. The molecule has 0 unspecified atom stereocenters. The predicted molar refractivity (Wildman–Crippen MR) is 130 cm³/mol. The Morgan fingerprint density at radius 1 is 0.765 bits per heavy atom. The van der Waals surface area contributed by atoms with E-state index < -0.39 is 23.4 Å². The summed E-state index contributed by atoms with van der Waals surface area (Å²) in [6, 6.07) is 15.9. The molecule has 0 aliphatic carbocycles. The smallest absolute Gasteiger partial charge is 0.414 e. The maximum absolute atomic E-state index is 12.2. The van der Waals surface area contributed by atoms with Crippen LogP contribution in [0.5, 0.6) is 0 Å². The van der Waals surface area contributed by atoms with Crippen molar-refractivity contribution in [3.63, 3.8) is 0 Å². The molecule has 3 amide bonds. The van der Waals surface area contributed by atoms with Crippen LogP contribution in [-0.2, 0) is 16.0 Å². The first-order valence-corrected chi connectivity index (χ1v) is 10.8. The Morgan fingerprint density at radius 2 is 1.26 bits per heavy atom. The monoisotopic (exact) mass is 468 g/mol. The number of aliphatic imine (C=N–C) groups is 1. The van der Waals surface area contributed by atoms with Crippen molar-refractivity contribution in [2.45, 2.75) is 59.3 Å². The average Bonchev–Trinajstić information content (AvgIpc) is 2.70. The number of hydrogen-bond acceptors (Lipinski definition) is 6. The third kappa shape index (κ3) is 10.2. The quantitative estimate of drug-likeness (QED) is 0.446. The Balaban J connectivity index is 2.09. The molecule has 0 saturated heterocycles. The van der Waals surface area contributed by atoms with Crippen molar-refractivity contribution < 1.29 is 23.9 Å². The Hall–Kier alpha value is -3.88. The molecule has 0 fully saturated rings. The fraction of sp³-hybridized carbons (Fsp3) is 0.360. The highest BCUT2D eigenvalue weighted by Gasteiger charge is 2.21. The molecule has 0 spiro atoms. The van der Waals surface area contributed by atoms with Gasteiger partial charge in [-0.25, -0.2) is 14.6 Å². The molecule has 2 aromatic carbocycles. The SMILES string of the molecule is CC(C)(C)OC(=O)NC(=Nc1ccc(CNC(=O)c2ccccc2)cc1)NC(=O)OC(C)(C)C. The van der Waals surface area contributed by atoms with Gasteiger partial charge >= 0.3 is 12.2 Å². The zero-order valence-corrected chi connectivity index (χ0v) is 20.4. The largest absolute Gasteiger partial charge is 0.444 e. The van der Waals surface area contributed by atoms with Gasteiger partial charge < -0.3 is 14.8 Å². The van der Waals surface area contributed by atoms with Gasteiger partial charge in [-0.1, -0.05) is 30.3 Å². The van der Waals surface area contributed by atoms with Gasteiger partial charge in [0.25, 0.3) is 5.91 Å². The van der Waals surface area contributed by atoms with Crippen molar-refractivity contribution >= 4 is 29.7 Å². The maximum Gasteiger partial charge on any atom is 0.414 e. The number of amides is 3. The van der Waals surface area contributed by atoms with Gasteiger partial charge in [0, 0.05) is 12.1 Å². The highest BCUT2D eigenvalue weighted by molar-refractivity contribution is 6.02. The number of carbonyl (C=O) groups is 3. The van der Waals surface area contributed by atoms with Crippen LogP contribution in [0.25, 0.3) is 0 Å². The van der Waals surface area contributed by atoms with Gasteiger partial charge in [-0.15, -0.1) is 0 Å². The van der Waals surface area contributed by atoms with Crippen LogP contribution in [0.15, 0.2) is 59.6 Å². The fourth-order valence-corrected chi connectivity index (χ4v) is 2.58. The number of guanidine groups is 1. The van der Waals surface area contributed by atoms with Crippen molar-refractivity contribution in [2.75, 3.05) is 0 Å². The van der Waals surface area contributed by atoms with Crippen LogP contribution in [0.1, 0.15) is 57.5 Å². The number of rotatable bonds is 4. The summed E-state index contributed by atoms with van der Waals surface area (Å²) in [6.07, 6.45) is -1.55. The van der Waals surface area contributed by atoms with Crippen LogP contribution in [0.3, 0.4) is 0 Å². The number of alkyl carbamates (subject to hydrolysis) is 2. The number of carbonyl (C=O) groups excluding carboxylic acids is 3. The van der Waals surface area contributed by atoms with E-state index in [2.05, 4.69) is 20.9 Å². The summed E-state index contributed by atoms with van der Waals surface area (Å²) in [5.41, 5.74) is 0.430. The van der Waals surface area contributed by atoms with Gasteiger partial charge in [0.15, 0.2) is 0 Å². The van der Waals surface area contributed by atoms with Crippen molar-refractivity contribution in [2.24, 2.45) is 4.99 Å². The lowest BCUT2D eigenvalue weighted by Crippen LogP contribution is -2.47. The zero-order valence-electron chi connectivity index (χ0n) is 20.4. The van der Waals surface area contributed by atoms with Crippen molar-refractivity contribution in [3.8, 4) is 0 Å². The standard InChI is InChI=1S/C25H32N4O5/c1-24(2,3)33-22(31)28-21(29-23(32)34-25(4,5)6)27-19-14-12-17(13-15-19)16-26-20(30)18-10-8-7-9-11-18/h7-15H,16H2,1-6H3,(H,26,30)(H2,27,28,29,31,32). The molecule has 0 aromatic heterocycles. The van der Waals surface area contributed by atoms with Crippen LogP contribution >= 0.6 is 0 Å². The molecule has 2 rings (SSSR count). The molecule has 0 aliphatic rings. The maximum atomic E-state index is 12.2. The number of nitrogens with zero attached hydrogens (tertiary/aromatic N) is 1. The van der Waals surface area contributed by atoms with E-state index in [0.717, 1.165) is 5.56 Å². The van der Waals surface area contributed by atoms with E-state index in [-0.39, 0.29) is 11.9 Å². The van der Waals surface area contributed by atoms with E-state index in [1.807, 2.05) is 6.07 Å². The molecule has 0 atom stereocenters. The molecule has 9 nitrogen and oxygen atoms in total. The summed E-state index contributed by atoms with van der Waals surface area (Å²) < 4.78 is 10.5. The lowest BCUT2D eigenvalue weighted by Gasteiger charge is -2.22. The molecule has 182 valence electrons. The summed E-state index contributed by atoms with van der Waals surface area (Å²) in [5, 5.41) is 7.71. The minimum atomic E-state index is -0.775.